The first-order valence-corrected chi connectivity index (χ1v) is 12.8. The number of carbonyl (C=O) groups is 2. The highest BCUT2D eigenvalue weighted by molar-refractivity contribution is 8.04. The van der Waals surface area contributed by atoms with Crippen molar-refractivity contribution in [2.45, 2.75) is 75.9 Å². The molecule has 2 aromatic rings. The summed E-state index contributed by atoms with van der Waals surface area (Å²) < 4.78 is 11.4. The molecule has 1 amide bonds. The number of aliphatic hydroxyl groups excluding tert-OH is 1. The van der Waals surface area contributed by atoms with E-state index >= 15 is 0 Å². The molecule has 0 bridgehead atoms. The van der Waals surface area contributed by atoms with Crippen molar-refractivity contribution in [2.75, 3.05) is 6.54 Å². The van der Waals surface area contributed by atoms with Gasteiger partial charge in [0.15, 0.2) is 0 Å². The first-order chi connectivity index (χ1) is 16.5. The van der Waals surface area contributed by atoms with E-state index in [1.165, 1.54) is 11.8 Å². The Bertz CT molecular complexity index is 1070. The number of nitrogens with one attached hydrogen (secondary N) is 1. The maximum absolute atomic E-state index is 13.2. The molecule has 1 heterocycles. The molecule has 0 radical (unpaired) electrons. The fraction of sp³-hybridized carbons (Fsp3) is 0.429. The smallest absolute Gasteiger partial charge is 0.407 e. The molecule has 0 fully saturated rings. The van der Waals surface area contributed by atoms with Crippen LogP contribution in [0.3, 0.4) is 0 Å². The molecule has 0 saturated heterocycles. The van der Waals surface area contributed by atoms with E-state index < -0.39 is 23.3 Å². The SMILES string of the molecule is CC(C)c1ccccc1SC1=C(O)CC(CCCNC(=O)OC(C)(C)C)(c2ccccc2)OC1=O. The second kappa shape index (κ2) is 11.2. The van der Waals surface area contributed by atoms with Crippen LogP contribution >= 0.6 is 11.8 Å². The zero-order valence-electron chi connectivity index (χ0n) is 21.1. The van der Waals surface area contributed by atoms with Crippen molar-refractivity contribution in [3.05, 3.63) is 76.4 Å². The number of hydrogen-bond acceptors (Lipinski definition) is 6. The first kappa shape index (κ1) is 26.7. The van der Waals surface area contributed by atoms with Crippen LogP contribution in [0.1, 0.15) is 70.9 Å². The van der Waals surface area contributed by atoms with Gasteiger partial charge in [-0.3, -0.25) is 0 Å². The topological polar surface area (TPSA) is 84.9 Å². The zero-order chi connectivity index (χ0) is 25.6. The summed E-state index contributed by atoms with van der Waals surface area (Å²) in [5.41, 5.74) is 0.328. The number of ether oxygens (including phenoxy) is 2. The molecule has 0 aliphatic carbocycles. The van der Waals surface area contributed by atoms with E-state index in [0.717, 1.165) is 16.0 Å². The molecule has 2 aromatic carbocycles. The third kappa shape index (κ3) is 7.04. The normalized spacial score (nSPS) is 18.4. The van der Waals surface area contributed by atoms with E-state index in [0.29, 0.717) is 19.4 Å². The third-order valence-corrected chi connectivity index (χ3v) is 6.87. The molecule has 3 rings (SSSR count). The minimum Gasteiger partial charge on any atom is -0.511 e. The zero-order valence-corrected chi connectivity index (χ0v) is 21.9. The Balaban J connectivity index is 1.79. The summed E-state index contributed by atoms with van der Waals surface area (Å²) in [6, 6.07) is 17.3. The molecule has 0 saturated carbocycles. The summed E-state index contributed by atoms with van der Waals surface area (Å²) in [7, 11) is 0. The third-order valence-electron chi connectivity index (χ3n) is 5.67. The molecule has 1 unspecified atom stereocenters. The van der Waals surface area contributed by atoms with Crippen LogP contribution in [0, 0.1) is 0 Å². The Morgan fingerprint density at radius 2 is 1.80 bits per heavy atom. The van der Waals surface area contributed by atoms with Gasteiger partial charge in [0.25, 0.3) is 0 Å². The van der Waals surface area contributed by atoms with Gasteiger partial charge >= 0.3 is 12.1 Å². The largest absolute Gasteiger partial charge is 0.511 e. The lowest BCUT2D eigenvalue weighted by molar-refractivity contribution is -0.160. The van der Waals surface area contributed by atoms with Crippen LogP contribution in [-0.4, -0.2) is 29.3 Å². The predicted octanol–water partition coefficient (Wildman–Crippen LogP) is 6.82. The molecule has 2 N–H and O–H groups in total. The molecule has 0 aromatic heterocycles. The second-order valence-corrected chi connectivity index (χ2v) is 11.1. The van der Waals surface area contributed by atoms with E-state index in [1.54, 1.807) is 0 Å². The molecule has 1 atom stereocenters. The highest BCUT2D eigenvalue weighted by Crippen LogP contribution is 2.45. The van der Waals surface area contributed by atoms with Crippen LogP contribution in [0.5, 0.6) is 0 Å². The van der Waals surface area contributed by atoms with E-state index in [-0.39, 0.29) is 23.0 Å². The lowest BCUT2D eigenvalue weighted by atomic mass is 9.83. The number of carbonyl (C=O) groups excluding carboxylic acids is 2. The number of amides is 1. The summed E-state index contributed by atoms with van der Waals surface area (Å²) in [6.07, 6.45) is 0.648. The van der Waals surface area contributed by atoms with Gasteiger partial charge in [-0.15, -0.1) is 0 Å². The van der Waals surface area contributed by atoms with Crippen molar-refractivity contribution in [3.63, 3.8) is 0 Å². The summed E-state index contributed by atoms with van der Waals surface area (Å²) >= 11 is 1.25. The number of cyclic esters (lactones) is 1. The van der Waals surface area contributed by atoms with E-state index in [9.17, 15) is 14.7 Å². The molecule has 7 heteroatoms. The molecule has 0 spiro atoms. The fourth-order valence-electron chi connectivity index (χ4n) is 4.05. The molecule has 1 aliphatic heterocycles. The van der Waals surface area contributed by atoms with Crippen molar-refractivity contribution >= 4 is 23.8 Å². The molecule has 1 aliphatic rings. The minimum atomic E-state index is -1.01. The lowest BCUT2D eigenvalue weighted by Gasteiger charge is -2.37. The summed E-state index contributed by atoms with van der Waals surface area (Å²) in [5, 5.41) is 13.8. The van der Waals surface area contributed by atoms with E-state index in [2.05, 4.69) is 19.2 Å². The van der Waals surface area contributed by atoms with Gasteiger partial charge < -0.3 is 19.9 Å². The van der Waals surface area contributed by atoms with Crippen LogP contribution in [0.2, 0.25) is 0 Å². The predicted molar refractivity (Wildman–Crippen MR) is 138 cm³/mol. The van der Waals surface area contributed by atoms with Crippen molar-refractivity contribution in [2.24, 2.45) is 0 Å². The number of benzene rings is 2. The quantitative estimate of drug-likeness (QED) is 0.307. The number of thioether (sulfide) groups is 1. The summed E-state index contributed by atoms with van der Waals surface area (Å²) in [6.45, 7) is 9.97. The second-order valence-electron chi connectivity index (χ2n) is 10.0. The van der Waals surface area contributed by atoms with Crippen LogP contribution in [0.25, 0.3) is 0 Å². The Kier molecular flexibility index (Phi) is 8.54. The van der Waals surface area contributed by atoms with E-state index in [1.807, 2.05) is 75.4 Å². The number of esters is 1. The van der Waals surface area contributed by atoms with Gasteiger partial charge in [0, 0.05) is 11.4 Å². The number of hydrogen-bond donors (Lipinski definition) is 2. The monoisotopic (exact) mass is 497 g/mol. The Labute approximate surface area is 212 Å². The van der Waals surface area contributed by atoms with Crippen LogP contribution < -0.4 is 5.32 Å². The molecular formula is C28H35NO5S. The first-order valence-electron chi connectivity index (χ1n) is 12.0. The number of aliphatic hydroxyl groups is 1. The summed E-state index contributed by atoms with van der Waals surface area (Å²) in [5.74, 6) is -0.239. The van der Waals surface area contributed by atoms with Crippen molar-refractivity contribution in [3.8, 4) is 0 Å². The standard InChI is InChI=1S/C28H35NO5S/c1-19(2)21-14-9-10-15-23(21)35-24-22(30)18-28(33-25(24)31,20-12-7-6-8-13-20)16-11-17-29-26(32)34-27(3,4)5/h6-10,12-15,19,30H,11,16-18H2,1-5H3,(H,29,32). The average molecular weight is 498 g/mol. The van der Waals surface area contributed by atoms with Gasteiger partial charge in [-0.05, 0) is 56.7 Å². The maximum atomic E-state index is 13.2. The lowest BCUT2D eigenvalue weighted by Crippen LogP contribution is -2.39. The van der Waals surface area contributed by atoms with Gasteiger partial charge in [0.1, 0.15) is 21.9 Å². The molecule has 35 heavy (non-hydrogen) atoms. The Morgan fingerprint density at radius 3 is 2.43 bits per heavy atom. The molecule has 188 valence electrons. The van der Waals surface area contributed by atoms with Gasteiger partial charge in [0.05, 0.1) is 6.42 Å². The van der Waals surface area contributed by atoms with Gasteiger partial charge in [-0.1, -0.05) is 74.1 Å². The minimum absolute atomic E-state index is 0.0220. The number of alkyl carbamates (subject to hydrolysis) is 1. The highest BCUT2D eigenvalue weighted by atomic mass is 32.2. The van der Waals surface area contributed by atoms with Gasteiger partial charge in [-0.25, -0.2) is 9.59 Å². The van der Waals surface area contributed by atoms with Crippen molar-refractivity contribution < 1.29 is 24.2 Å². The Morgan fingerprint density at radius 1 is 1.14 bits per heavy atom. The molecule has 6 nitrogen and oxygen atoms in total. The van der Waals surface area contributed by atoms with Crippen molar-refractivity contribution in [1.29, 1.82) is 0 Å². The fourth-order valence-corrected chi connectivity index (χ4v) is 5.16. The Hall–Kier alpha value is -2.93. The van der Waals surface area contributed by atoms with Crippen LogP contribution in [0.15, 0.2) is 70.2 Å². The summed E-state index contributed by atoms with van der Waals surface area (Å²) in [4.78, 5) is 26.4. The average Bonchev–Trinajstić information content (AvgIpc) is 2.79. The molecular weight excluding hydrogens is 462 g/mol. The van der Waals surface area contributed by atoms with E-state index in [4.69, 9.17) is 9.47 Å². The highest BCUT2D eigenvalue weighted by Gasteiger charge is 2.43. The van der Waals surface area contributed by atoms with Crippen LogP contribution in [0.4, 0.5) is 4.79 Å². The van der Waals surface area contributed by atoms with Gasteiger partial charge in [0.2, 0.25) is 0 Å². The maximum Gasteiger partial charge on any atom is 0.407 e. The van der Waals surface area contributed by atoms with Crippen LogP contribution in [-0.2, 0) is 19.9 Å². The van der Waals surface area contributed by atoms with Crippen molar-refractivity contribution in [1.82, 2.24) is 5.32 Å². The number of rotatable bonds is 8. The van der Waals surface area contributed by atoms with Gasteiger partial charge in [-0.2, -0.15) is 0 Å².